The summed E-state index contributed by atoms with van der Waals surface area (Å²) in [5.41, 5.74) is 10.3. The highest BCUT2D eigenvalue weighted by atomic mass is 16.7. The molecule has 0 atom stereocenters. The zero-order valence-corrected chi connectivity index (χ0v) is 14.3. The Morgan fingerprint density at radius 3 is 2.52 bits per heavy atom. The number of azide groups is 1. The summed E-state index contributed by atoms with van der Waals surface area (Å²) in [6.07, 6.45) is 2.01. The third-order valence-corrected chi connectivity index (χ3v) is 4.32. The standard InChI is InChI=1S/C16H23BN4O2/c1-15(2)16(3,4)23-17(22-15)13(11-19-5)9-12-7-6-8-14(10-12)20-21-18/h6-10,19H,11H2,1-5H3. The molecule has 6 nitrogen and oxygen atoms in total. The fraction of sp³-hybridized carbons (Fsp3) is 0.500. The summed E-state index contributed by atoms with van der Waals surface area (Å²) in [5.74, 6) is 0. The molecular weight excluding hydrogens is 291 g/mol. The van der Waals surface area contributed by atoms with E-state index in [2.05, 4.69) is 15.3 Å². The largest absolute Gasteiger partial charge is 0.491 e. The predicted octanol–water partition coefficient (Wildman–Crippen LogP) is 3.86. The lowest BCUT2D eigenvalue weighted by Crippen LogP contribution is -2.41. The molecule has 1 aromatic carbocycles. The van der Waals surface area contributed by atoms with Crippen molar-refractivity contribution < 1.29 is 9.31 Å². The van der Waals surface area contributed by atoms with Crippen molar-refractivity contribution >= 4 is 18.9 Å². The second kappa shape index (κ2) is 6.77. The van der Waals surface area contributed by atoms with E-state index in [1.807, 2.05) is 59.0 Å². The average Bonchev–Trinajstić information content (AvgIpc) is 2.68. The minimum atomic E-state index is -0.407. The van der Waals surface area contributed by atoms with Gasteiger partial charge in [0.15, 0.2) is 0 Å². The maximum absolute atomic E-state index is 8.56. The minimum absolute atomic E-state index is 0.378. The highest BCUT2D eigenvalue weighted by Gasteiger charge is 2.52. The molecule has 0 unspecified atom stereocenters. The topological polar surface area (TPSA) is 79.3 Å². The molecule has 0 spiro atoms. The number of nitrogens with zero attached hydrogens (tertiary/aromatic N) is 3. The Hall–Kier alpha value is -1.79. The third-order valence-electron chi connectivity index (χ3n) is 4.32. The van der Waals surface area contributed by atoms with Crippen LogP contribution in [-0.2, 0) is 9.31 Å². The summed E-state index contributed by atoms with van der Waals surface area (Å²) in [4.78, 5) is 2.82. The number of hydrogen-bond donors (Lipinski definition) is 1. The van der Waals surface area contributed by atoms with Crippen molar-refractivity contribution in [2.75, 3.05) is 13.6 Å². The summed E-state index contributed by atoms with van der Waals surface area (Å²) >= 11 is 0. The minimum Gasteiger partial charge on any atom is -0.400 e. The normalized spacial score (nSPS) is 19.5. The first-order valence-corrected chi connectivity index (χ1v) is 7.65. The van der Waals surface area contributed by atoms with Crippen molar-refractivity contribution in [2.45, 2.75) is 38.9 Å². The van der Waals surface area contributed by atoms with Crippen LogP contribution in [0, 0.1) is 0 Å². The van der Waals surface area contributed by atoms with Crippen molar-refractivity contribution in [2.24, 2.45) is 5.11 Å². The van der Waals surface area contributed by atoms with Gasteiger partial charge in [0.1, 0.15) is 0 Å². The molecule has 1 heterocycles. The molecule has 23 heavy (non-hydrogen) atoms. The fourth-order valence-corrected chi connectivity index (χ4v) is 2.34. The van der Waals surface area contributed by atoms with E-state index in [0.29, 0.717) is 12.2 Å². The zero-order chi connectivity index (χ0) is 17.1. The van der Waals surface area contributed by atoms with E-state index >= 15 is 0 Å². The molecule has 1 fully saturated rings. The quantitative estimate of drug-likeness (QED) is 0.388. The molecule has 0 radical (unpaired) electrons. The Kier molecular flexibility index (Phi) is 5.17. The predicted molar refractivity (Wildman–Crippen MR) is 93.2 cm³/mol. The van der Waals surface area contributed by atoms with E-state index in [9.17, 15) is 0 Å². The number of likely N-dealkylation sites (N-methyl/N-ethyl adjacent to an activating group) is 1. The second-order valence-corrected chi connectivity index (χ2v) is 6.62. The van der Waals surface area contributed by atoms with Gasteiger partial charge in [-0.3, -0.25) is 0 Å². The number of benzene rings is 1. The molecule has 1 aliphatic rings. The average molecular weight is 314 g/mol. The van der Waals surface area contributed by atoms with E-state index in [1.54, 1.807) is 6.07 Å². The summed E-state index contributed by atoms with van der Waals surface area (Å²) in [5, 5.41) is 6.79. The van der Waals surface area contributed by atoms with E-state index < -0.39 is 7.12 Å². The van der Waals surface area contributed by atoms with Crippen LogP contribution in [0.4, 0.5) is 5.69 Å². The molecule has 0 bridgehead atoms. The van der Waals surface area contributed by atoms with E-state index in [1.165, 1.54) is 0 Å². The molecule has 0 amide bonds. The first kappa shape index (κ1) is 17.6. The molecule has 1 saturated heterocycles. The van der Waals surface area contributed by atoms with Gasteiger partial charge in [0.25, 0.3) is 0 Å². The van der Waals surface area contributed by atoms with Crippen molar-refractivity contribution in [3.63, 3.8) is 0 Å². The maximum atomic E-state index is 8.56. The van der Waals surface area contributed by atoms with Crippen LogP contribution in [0.1, 0.15) is 33.3 Å². The summed E-state index contributed by atoms with van der Waals surface area (Å²) in [6.45, 7) is 8.78. The van der Waals surface area contributed by atoms with E-state index in [-0.39, 0.29) is 11.2 Å². The van der Waals surface area contributed by atoms with Gasteiger partial charge in [-0.2, -0.15) is 0 Å². The molecule has 1 aliphatic heterocycles. The number of rotatable bonds is 5. The molecule has 122 valence electrons. The van der Waals surface area contributed by atoms with Crippen LogP contribution in [0.25, 0.3) is 16.5 Å². The molecule has 1 aromatic rings. The van der Waals surface area contributed by atoms with Crippen LogP contribution < -0.4 is 5.32 Å². The van der Waals surface area contributed by atoms with Gasteiger partial charge in [-0.25, -0.2) is 0 Å². The van der Waals surface area contributed by atoms with Crippen LogP contribution in [0.15, 0.2) is 34.9 Å². The number of nitrogens with one attached hydrogen (secondary N) is 1. The zero-order valence-electron chi connectivity index (χ0n) is 14.3. The van der Waals surface area contributed by atoms with Gasteiger partial charge in [-0.05, 0) is 57.4 Å². The van der Waals surface area contributed by atoms with Crippen molar-refractivity contribution in [1.82, 2.24) is 5.32 Å². The molecule has 0 aliphatic carbocycles. The summed E-state index contributed by atoms with van der Waals surface area (Å²) < 4.78 is 12.2. The van der Waals surface area contributed by atoms with Crippen molar-refractivity contribution in [3.8, 4) is 0 Å². The van der Waals surface area contributed by atoms with Crippen molar-refractivity contribution in [3.05, 3.63) is 45.7 Å². The summed E-state index contributed by atoms with van der Waals surface area (Å²) in [6, 6.07) is 7.42. The lowest BCUT2D eigenvalue weighted by Gasteiger charge is -2.32. The van der Waals surface area contributed by atoms with Crippen LogP contribution in [0.2, 0.25) is 0 Å². The highest BCUT2D eigenvalue weighted by molar-refractivity contribution is 6.55. The van der Waals surface area contributed by atoms with Gasteiger partial charge in [0.05, 0.1) is 11.2 Å². The third kappa shape index (κ3) is 3.95. The van der Waals surface area contributed by atoms with E-state index in [4.69, 9.17) is 14.8 Å². The Labute approximate surface area is 137 Å². The first-order chi connectivity index (χ1) is 10.8. The molecule has 0 aromatic heterocycles. The molecular formula is C16H23BN4O2. The van der Waals surface area contributed by atoms with Gasteiger partial charge >= 0.3 is 7.12 Å². The first-order valence-electron chi connectivity index (χ1n) is 7.65. The fourth-order valence-electron chi connectivity index (χ4n) is 2.34. The summed E-state index contributed by atoms with van der Waals surface area (Å²) in [7, 11) is 1.48. The van der Waals surface area contributed by atoms with Crippen LogP contribution in [-0.4, -0.2) is 31.9 Å². The Morgan fingerprint density at radius 1 is 1.30 bits per heavy atom. The molecule has 1 N–H and O–H groups in total. The SMILES string of the molecule is CNCC(=Cc1cccc(N=[N+]=[N-])c1)B1OC(C)(C)C(C)(C)O1. The van der Waals surface area contributed by atoms with Crippen molar-refractivity contribution in [1.29, 1.82) is 0 Å². The molecule has 0 saturated carbocycles. The highest BCUT2D eigenvalue weighted by Crippen LogP contribution is 2.38. The number of hydrogen-bond acceptors (Lipinski definition) is 4. The lowest BCUT2D eigenvalue weighted by molar-refractivity contribution is 0.00578. The maximum Gasteiger partial charge on any atom is 0.491 e. The van der Waals surface area contributed by atoms with Crippen LogP contribution in [0.3, 0.4) is 0 Å². The van der Waals surface area contributed by atoms with Gasteiger partial charge in [-0.1, -0.05) is 29.4 Å². The van der Waals surface area contributed by atoms with Crippen LogP contribution >= 0.6 is 0 Å². The van der Waals surface area contributed by atoms with Gasteiger partial charge in [0.2, 0.25) is 0 Å². The van der Waals surface area contributed by atoms with Gasteiger partial charge in [0, 0.05) is 17.1 Å². The Morgan fingerprint density at radius 2 is 1.96 bits per heavy atom. The Balaban J connectivity index is 2.32. The van der Waals surface area contributed by atoms with E-state index in [0.717, 1.165) is 11.0 Å². The van der Waals surface area contributed by atoms with Gasteiger partial charge in [-0.15, -0.1) is 0 Å². The second-order valence-electron chi connectivity index (χ2n) is 6.62. The lowest BCUT2D eigenvalue weighted by atomic mass is 9.77. The smallest absolute Gasteiger partial charge is 0.400 e. The van der Waals surface area contributed by atoms with Crippen LogP contribution in [0.5, 0.6) is 0 Å². The molecule has 2 rings (SSSR count). The molecule has 7 heteroatoms. The van der Waals surface area contributed by atoms with Gasteiger partial charge < -0.3 is 14.6 Å². The Bertz CT molecular complexity index is 635. The monoisotopic (exact) mass is 314 g/mol.